The Kier molecular flexibility index (Phi) is 6.32. The largest absolute Gasteiger partial charge is 0.497 e. The van der Waals surface area contributed by atoms with Crippen LogP contribution >= 0.6 is 0 Å². The lowest BCUT2D eigenvalue weighted by molar-refractivity contribution is -0.154. The molecule has 26 heavy (non-hydrogen) atoms. The molecule has 0 bridgehead atoms. The number of benzene rings is 1. The third-order valence-corrected chi connectivity index (χ3v) is 5.87. The van der Waals surface area contributed by atoms with E-state index in [0.29, 0.717) is 24.7 Å². The Hall–Kier alpha value is -2.04. The van der Waals surface area contributed by atoms with Crippen LogP contribution in [0.2, 0.25) is 0 Å². The van der Waals surface area contributed by atoms with Crippen molar-refractivity contribution in [2.75, 3.05) is 14.2 Å². The van der Waals surface area contributed by atoms with E-state index in [4.69, 9.17) is 9.47 Å². The lowest BCUT2D eigenvalue weighted by Crippen LogP contribution is -2.58. The Bertz CT molecular complexity index is 662. The van der Waals surface area contributed by atoms with Gasteiger partial charge in [0.15, 0.2) is 0 Å². The van der Waals surface area contributed by atoms with Gasteiger partial charge in [0.25, 0.3) is 0 Å². The Morgan fingerprint density at radius 1 is 1.15 bits per heavy atom. The summed E-state index contributed by atoms with van der Waals surface area (Å²) in [6, 6.07) is 3.85. The van der Waals surface area contributed by atoms with E-state index in [1.54, 1.807) is 7.11 Å². The molecule has 0 spiro atoms. The molecule has 5 heteroatoms. The fraction of sp³-hybridized carbons (Fsp3) is 0.619. The van der Waals surface area contributed by atoms with Crippen LogP contribution in [0.3, 0.4) is 0 Å². The Morgan fingerprint density at radius 3 is 2.27 bits per heavy atom. The van der Waals surface area contributed by atoms with Gasteiger partial charge < -0.3 is 14.8 Å². The molecule has 0 saturated heterocycles. The highest BCUT2D eigenvalue weighted by atomic mass is 16.5. The molecule has 1 aromatic carbocycles. The Balaban J connectivity index is 2.20. The van der Waals surface area contributed by atoms with Crippen LogP contribution in [0.1, 0.15) is 49.8 Å². The minimum absolute atomic E-state index is 0.145. The Labute approximate surface area is 156 Å². The van der Waals surface area contributed by atoms with Gasteiger partial charge in [-0.2, -0.15) is 0 Å². The van der Waals surface area contributed by atoms with Gasteiger partial charge in [-0.25, -0.2) is 4.79 Å². The van der Waals surface area contributed by atoms with E-state index in [1.165, 1.54) is 7.11 Å². The average molecular weight is 361 g/mol. The zero-order valence-corrected chi connectivity index (χ0v) is 16.8. The van der Waals surface area contributed by atoms with E-state index in [2.05, 4.69) is 19.2 Å². The number of aryl methyl sites for hydroxylation is 2. The molecule has 0 aliphatic heterocycles. The number of methoxy groups -OCH3 is 2. The summed E-state index contributed by atoms with van der Waals surface area (Å²) in [5.74, 6) is 1.19. The summed E-state index contributed by atoms with van der Waals surface area (Å²) < 4.78 is 10.3. The van der Waals surface area contributed by atoms with Crippen molar-refractivity contribution in [1.29, 1.82) is 0 Å². The molecule has 0 radical (unpaired) electrons. The van der Waals surface area contributed by atoms with Crippen molar-refractivity contribution in [3.63, 3.8) is 0 Å². The van der Waals surface area contributed by atoms with Gasteiger partial charge in [0.2, 0.25) is 5.91 Å². The third-order valence-electron chi connectivity index (χ3n) is 5.87. The van der Waals surface area contributed by atoms with E-state index in [-0.39, 0.29) is 18.3 Å². The summed E-state index contributed by atoms with van der Waals surface area (Å²) in [6.45, 7) is 8.26. The number of carbonyl (C=O) groups excluding carboxylic acids is 2. The molecule has 1 aliphatic carbocycles. The van der Waals surface area contributed by atoms with Crippen molar-refractivity contribution >= 4 is 11.9 Å². The van der Waals surface area contributed by atoms with Gasteiger partial charge >= 0.3 is 5.97 Å². The average Bonchev–Trinajstić information content (AvgIpc) is 2.60. The lowest BCUT2D eigenvalue weighted by Gasteiger charge is -2.41. The number of ether oxygens (including phenoxy) is 2. The molecule has 1 aromatic rings. The molecular formula is C21H31NO4. The van der Waals surface area contributed by atoms with Gasteiger partial charge in [0.1, 0.15) is 11.3 Å². The number of hydrogen-bond acceptors (Lipinski definition) is 4. The molecule has 3 unspecified atom stereocenters. The van der Waals surface area contributed by atoms with E-state index < -0.39 is 5.54 Å². The molecule has 2 rings (SSSR count). The standard InChI is InChI=1S/C21H31NO4/c1-13-7-8-21(12-16(13)4,20(24)26-6)22-19(23)11-18-14(2)9-17(25-5)10-15(18)3/h9-10,13,16H,7-8,11-12H2,1-6H3,(H,22,23). The summed E-state index contributed by atoms with van der Waals surface area (Å²) in [5, 5.41) is 3.02. The van der Waals surface area contributed by atoms with Crippen molar-refractivity contribution in [2.45, 2.75) is 58.9 Å². The molecule has 1 aliphatic rings. The first-order valence-electron chi connectivity index (χ1n) is 9.26. The predicted molar refractivity (Wildman–Crippen MR) is 101 cm³/mol. The maximum absolute atomic E-state index is 12.8. The molecule has 1 fully saturated rings. The van der Waals surface area contributed by atoms with Crippen LogP contribution in [0.4, 0.5) is 0 Å². The number of amides is 1. The summed E-state index contributed by atoms with van der Waals surface area (Å²) in [4.78, 5) is 25.3. The molecule has 5 nitrogen and oxygen atoms in total. The van der Waals surface area contributed by atoms with Crippen LogP contribution < -0.4 is 10.1 Å². The fourth-order valence-corrected chi connectivity index (χ4v) is 3.98. The van der Waals surface area contributed by atoms with E-state index in [9.17, 15) is 9.59 Å². The normalized spacial score (nSPS) is 25.5. The number of carbonyl (C=O) groups is 2. The third kappa shape index (κ3) is 4.19. The summed E-state index contributed by atoms with van der Waals surface area (Å²) in [7, 11) is 3.02. The van der Waals surface area contributed by atoms with Gasteiger partial charge in [-0.3, -0.25) is 4.79 Å². The second kappa shape index (κ2) is 8.11. The molecule has 144 valence electrons. The quantitative estimate of drug-likeness (QED) is 0.817. The highest BCUT2D eigenvalue weighted by Crippen LogP contribution is 2.37. The molecule has 3 atom stereocenters. The minimum atomic E-state index is -0.911. The maximum Gasteiger partial charge on any atom is 0.331 e. The summed E-state index contributed by atoms with van der Waals surface area (Å²) in [6.07, 6.45) is 2.38. The number of esters is 1. The minimum Gasteiger partial charge on any atom is -0.497 e. The first-order chi connectivity index (χ1) is 12.2. The SMILES string of the molecule is COC(=O)C1(NC(=O)Cc2c(C)cc(OC)cc2C)CCC(C)C(C)C1. The number of hydrogen-bond donors (Lipinski definition) is 1. The molecule has 1 saturated carbocycles. The first kappa shape index (κ1) is 20.3. The van der Waals surface area contributed by atoms with Crippen molar-refractivity contribution in [2.24, 2.45) is 11.8 Å². The van der Waals surface area contributed by atoms with Gasteiger partial charge in [0, 0.05) is 0 Å². The topological polar surface area (TPSA) is 64.6 Å². The summed E-state index contributed by atoms with van der Waals surface area (Å²) in [5.41, 5.74) is 2.08. The van der Waals surface area contributed by atoms with Gasteiger partial charge in [-0.1, -0.05) is 13.8 Å². The second-order valence-electron chi connectivity index (χ2n) is 7.74. The van der Waals surface area contributed by atoms with Gasteiger partial charge in [-0.15, -0.1) is 0 Å². The van der Waals surface area contributed by atoms with E-state index >= 15 is 0 Å². The number of nitrogens with one attached hydrogen (secondary N) is 1. The molecular weight excluding hydrogens is 330 g/mol. The van der Waals surface area contributed by atoms with Gasteiger partial charge in [0.05, 0.1) is 20.6 Å². The van der Waals surface area contributed by atoms with Crippen molar-refractivity contribution in [3.05, 3.63) is 28.8 Å². The zero-order chi connectivity index (χ0) is 19.5. The highest BCUT2D eigenvalue weighted by Gasteiger charge is 2.45. The van der Waals surface area contributed by atoms with Crippen LogP contribution in [0, 0.1) is 25.7 Å². The van der Waals surface area contributed by atoms with Crippen LogP contribution in [0.5, 0.6) is 5.75 Å². The smallest absolute Gasteiger partial charge is 0.331 e. The lowest BCUT2D eigenvalue weighted by atomic mass is 9.71. The monoisotopic (exact) mass is 361 g/mol. The van der Waals surface area contributed by atoms with Crippen molar-refractivity contribution in [3.8, 4) is 5.75 Å². The van der Waals surface area contributed by atoms with Gasteiger partial charge in [-0.05, 0) is 73.8 Å². The fourth-order valence-electron chi connectivity index (χ4n) is 3.98. The molecule has 1 amide bonds. The maximum atomic E-state index is 12.8. The van der Waals surface area contributed by atoms with Crippen LogP contribution in [-0.4, -0.2) is 31.6 Å². The molecule has 0 aromatic heterocycles. The van der Waals surface area contributed by atoms with Crippen molar-refractivity contribution in [1.82, 2.24) is 5.32 Å². The zero-order valence-electron chi connectivity index (χ0n) is 16.8. The van der Waals surface area contributed by atoms with Crippen LogP contribution in [-0.2, 0) is 20.7 Å². The first-order valence-corrected chi connectivity index (χ1v) is 9.26. The predicted octanol–water partition coefficient (Wildman–Crippen LogP) is 3.34. The molecule has 1 N–H and O–H groups in total. The molecule has 0 heterocycles. The number of rotatable bonds is 5. The second-order valence-corrected chi connectivity index (χ2v) is 7.74. The van der Waals surface area contributed by atoms with Crippen molar-refractivity contribution < 1.29 is 19.1 Å². The highest BCUT2D eigenvalue weighted by molar-refractivity contribution is 5.89. The van der Waals surface area contributed by atoms with Crippen LogP contribution in [0.25, 0.3) is 0 Å². The van der Waals surface area contributed by atoms with E-state index in [1.807, 2.05) is 26.0 Å². The Morgan fingerprint density at radius 2 is 1.77 bits per heavy atom. The van der Waals surface area contributed by atoms with Crippen LogP contribution in [0.15, 0.2) is 12.1 Å². The summed E-state index contributed by atoms with van der Waals surface area (Å²) >= 11 is 0. The van der Waals surface area contributed by atoms with E-state index in [0.717, 1.165) is 28.9 Å².